The number of nitrogens with two attached hydrogens (primary N) is 1. The molecule has 3 aromatic rings. The van der Waals surface area contributed by atoms with Crippen LogP contribution in [0.25, 0.3) is 0 Å². The van der Waals surface area contributed by atoms with E-state index in [9.17, 15) is 4.79 Å². The number of nitrogens with zero attached hydrogens (tertiary/aromatic N) is 7. The molecule has 0 bridgehead atoms. The van der Waals surface area contributed by atoms with Crippen LogP contribution in [0.4, 0.5) is 0 Å². The Morgan fingerprint density at radius 3 is 2.76 bits per heavy atom. The van der Waals surface area contributed by atoms with Crippen LogP contribution in [0.5, 0.6) is 0 Å². The summed E-state index contributed by atoms with van der Waals surface area (Å²) in [6.07, 6.45) is 3.56. The van der Waals surface area contributed by atoms with Crippen molar-refractivity contribution in [1.29, 1.82) is 0 Å². The molecule has 3 rings (SSSR count). The number of aromatic nitrogens is 7. The maximum Gasteiger partial charge on any atom is 0.633 e. The van der Waals surface area contributed by atoms with Gasteiger partial charge in [-0.15, -0.1) is 10.2 Å². The Morgan fingerprint density at radius 1 is 1.21 bits per heavy atom. The highest BCUT2D eigenvalue weighted by Gasteiger charge is 2.17. The number of carbonyl (C=O) groups excluding carboxylic acids is 1. The van der Waals surface area contributed by atoms with Gasteiger partial charge in [-0.05, 0) is 47.4 Å². The second-order valence-electron chi connectivity index (χ2n) is 7.30. The van der Waals surface area contributed by atoms with E-state index in [-0.39, 0.29) is 25.6 Å². The van der Waals surface area contributed by atoms with Gasteiger partial charge in [-0.25, -0.2) is 9.36 Å². The Hall–Kier alpha value is -2.91. The predicted molar refractivity (Wildman–Crippen MR) is 117 cm³/mol. The minimum Gasteiger partial charge on any atom is -0.402 e. The van der Waals surface area contributed by atoms with Gasteiger partial charge in [0.2, 0.25) is 5.91 Å². The van der Waals surface area contributed by atoms with Crippen LogP contribution >= 0.6 is 11.6 Å². The van der Waals surface area contributed by atoms with Gasteiger partial charge in [0.25, 0.3) is 0 Å². The summed E-state index contributed by atoms with van der Waals surface area (Å²) < 4.78 is 7.67. The van der Waals surface area contributed by atoms with E-state index in [1.165, 1.54) is 4.68 Å². The summed E-state index contributed by atoms with van der Waals surface area (Å²) in [6, 6.07) is 6.97. The molecule has 0 aliphatic carbocycles. The SMILES string of the molecule is NC(CCCCOB(O)O)c1nnnn1CC(=O)NCc1cn(Cc2ccc(Cl)cc2)nn1. The lowest BCUT2D eigenvalue weighted by atomic mass is 10.1. The van der Waals surface area contributed by atoms with Crippen LogP contribution in [0.2, 0.25) is 5.02 Å². The van der Waals surface area contributed by atoms with Gasteiger partial charge in [0, 0.05) is 11.6 Å². The van der Waals surface area contributed by atoms with Crippen LogP contribution in [0.1, 0.15) is 42.4 Å². The zero-order chi connectivity index (χ0) is 23.6. The van der Waals surface area contributed by atoms with Gasteiger partial charge in [-0.1, -0.05) is 28.9 Å². The molecule has 0 spiro atoms. The lowest BCUT2D eigenvalue weighted by Crippen LogP contribution is -2.29. The van der Waals surface area contributed by atoms with Gasteiger partial charge >= 0.3 is 7.32 Å². The molecular weight excluding hydrogens is 453 g/mol. The number of nitrogens with one attached hydrogen (secondary N) is 1. The summed E-state index contributed by atoms with van der Waals surface area (Å²) in [5.41, 5.74) is 7.78. The zero-order valence-electron chi connectivity index (χ0n) is 17.8. The summed E-state index contributed by atoms with van der Waals surface area (Å²) in [5, 5.41) is 40.2. The van der Waals surface area contributed by atoms with Gasteiger partial charge in [0.1, 0.15) is 12.2 Å². The van der Waals surface area contributed by atoms with Gasteiger partial charge in [-0.3, -0.25) is 4.79 Å². The lowest BCUT2D eigenvalue weighted by Gasteiger charge is -2.11. The topological polar surface area (TPSA) is 179 Å². The molecule has 0 fully saturated rings. The van der Waals surface area contributed by atoms with E-state index in [0.717, 1.165) is 5.56 Å². The van der Waals surface area contributed by atoms with Crippen molar-refractivity contribution in [3.8, 4) is 0 Å². The first-order chi connectivity index (χ1) is 15.9. The molecule has 1 aromatic carbocycles. The van der Waals surface area contributed by atoms with Crippen molar-refractivity contribution in [1.82, 2.24) is 40.5 Å². The number of halogens is 1. The highest BCUT2D eigenvalue weighted by Crippen LogP contribution is 2.14. The van der Waals surface area contributed by atoms with E-state index in [1.807, 2.05) is 24.3 Å². The number of unbranched alkanes of at least 4 members (excludes halogenated alkanes) is 1. The third-order valence-electron chi connectivity index (χ3n) is 4.67. The monoisotopic (exact) mass is 477 g/mol. The Labute approximate surface area is 195 Å². The number of hydrogen-bond acceptors (Lipinski definition) is 10. The van der Waals surface area contributed by atoms with E-state index in [2.05, 4.69) is 35.8 Å². The van der Waals surface area contributed by atoms with E-state index < -0.39 is 13.4 Å². The minimum atomic E-state index is -1.78. The smallest absolute Gasteiger partial charge is 0.402 e. The number of carbonyl (C=O) groups is 1. The van der Waals surface area contributed by atoms with Crippen LogP contribution in [0.15, 0.2) is 30.5 Å². The molecule has 33 heavy (non-hydrogen) atoms. The fraction of sp³-hybridized carbons (Fsp3) is 0.444. The Bertz CT molecular complexity index is 1010. The minimum absolute atomic E-state index is 0.0885. The molecule has 176 valence electrons. The average Bonchev–Trinajstić information content (AvgIpc) is 3.43. The van der Waals surface area contributed by atoms with Crippen LogP contribution in [0.3, 0.4) is 0 Å². The normalized spacial score (nSPS) is 12.0. The third kappa shape index (κ3) is 8.18. The van der Waals surface area contributed by atoms with Crippen molar-refractivity contribution in [3.05, 3.63) is 52.6 Å². The molecular formula is C18H25BClN9O4. The molecule has 0 saturated heterocycles. The van der Waals surface area contributed by atoms with Crippen LogP contribution < -0.4 is 11.1 Å². The predicted octanol–water partition coefficient (Wildman–Crippen LogP) is -0.561. The van der Waals surface area contributed by atoms with E-state index in [1.54, 1.807) is 10.9 Å². The largest absolute Gasteiger partial charge is 0.633 e. The van der Waals surface area contributed by atoms with Crippen molar-refractivity contribution < 1.29 is 19.5 Å². The average molecular weight is 478 g/mol. The second-order valence-corrected chi connectivity index (χ2v) is 7.74. The van der Waals surface area contributed by atoms with Crippen molar-refractivity contribution in [2.45, 2.75) is 44.9 Å². The summed E-state index contributed by atoms with van der Waals surface area (Å²) in [6.45, 7) is 0.854. The number of benzene rings is 1. The first kappa shape index (κ1) is 24.7. The molecule has 1 amide bonds. The van der Waals surface area contributed by atoms with Gasteiger partial charge in [-0.2, -0.15) is 0 Å². The molecule has 13 nitrogen and oxygen atoms in total. The molecule has 0 aliphatic heterocycles. The molecule has 1 atom stereocenters. The van der Waals surface area contributed by atoms with Crippen LogP contribution in [-0.2, 0) is 29.1 Å². The summed E-state index contributed by atoms with van der Waals surface area (Å²) in [5.74, 6) is 0.0931. The fourth-order valence-corrected chi connectivity index (χ4v) is 3.15. The second kappa shape index (κ2) is 12.4. The highest BCUT2D eigenvalue weighted by molar-refractivity contribution is 6.32. The molecule has 2 heterocycles. The van der Waals surface area contributed by atoms with Gasteiger partial charge in [0.05, 0.1) is 25.3 Å². The molecule has 0 aliphatic rings. The molecule has 15 heteroatoms. The van der Waals surface area contributed by atoms with Crippen molar-refractivity contribution in [2.24, 2.45) is 5.73 Å². The number of tetrazole rings is 1. The summed E-state index contributed by atoms with van der Waals surface area (Å²) in [7, 11) is -1.78. The summed E-state index contributed by atoms with van der Waals surface area (Å²) >= 11 is 5.89. The first-order valence-electron chi connectivity index (χ1n) is 10.3. The van der Waals surface area contributed by atoms with Gasteiger partial charge < -0.3 is 25.8 Å². The third-order valence-corrected chi connectivity index (χ3v) is 4.92. The fourth-order valence-electron chi connectivity index (χ4n) is 3.03. The van der Waals surface area contributed by atoms with Crippen molar-refractivity contribution in [3.63, 3.8) is 0 Å². The maximum absolute atomic E-state index is 12.4. The van der Waals surface area contributed by atoms with E-state index in [0.29, 0.717) is 42.3 Å². The van der Waals surface area contributed by atoms with Crippen molar-refractivity contribution in [2.75, 3.05) is 6.61 Å². The number of rotatable bonds is 13. The quantitative estimate of drug-likeness (QED) is 0.184. The van der Waals surface area contributed by atoms with Crippen molar-refractivity contribution >= 4 is 24.8 Å². The molecule has 5 N–H and O–H groups in total. The summed E-state index contributed by atoms with van der Waals surface area (Å²) in [4.78, 5) is 12.4. The van der Waals surface area contributed by atoms with Crippen LogP contribution in [-0.4, -0.2) is 65.1 Å². The highest BCUT2D eigenvalue weighted by atomic mass is 35.5. The molecule has 1 unspecified atom stereocenters. The number of hydrogen-bond donors (Lipinski definition) is 4. The standard InChI is InChI=1S/C18H25BClN9O4/c20-14-6-4-13(5-7-14)10-28-11-15(23-26-28)9-22-17(30)12-29-18(24-25-27-29)16(21)3-1-2-8-33-19(31)32/h4-7,11,16,31-32H,1-3,8-10,12,21H2,(H,22,30). The first-order valence-corrected chi connectivity index (χ1v) is 10.7. The molecule has 0 radical (unpaired) electrons. The van der Waals surface area contributed by atoms with Crippen LogP contribution in [0, 0.1) is 0 Å². The zero-order valence-corrected chi connectivity index (χ0v) is 18.5. The van der Waals surface area contributed by atoms with Gasteiger partial charge in [0.15, 0.2) is 5.82 Å². The van der Waals surface area contributed by atoms with E-state index >= 15 is 0 Å². The Morgan fingerprint density at radius 2 is 2.00 bits per heavy atom. The lowest BCUT2D eigenvalue weighted by molar-refractivity contribution is -0.122. The van der Waals surface area contributed by atoms with E-state index in [4.69, 9.17) is 27.4 Å². The number of amides is 1. The Balaban J connectivity index is 1.43. The Kier molecular flexibility index (Phi) is 9.27. The molecule has 0 saturated carbocycles. The molecule has 2 aromatic heterocycles. The maximum atomic E-state index is 12.4.